The predicted molar refractivity (Wildman–Crippen MR) is 121 cm³/mol. The zero-order valence-corrected chi connectivity index (χ0v) is 17.9. The molecule has 1 unspecified atom stereocenters. The molecule has 5 rings (SSSR count). The van der Waals surface area contributed by atoms with Gasteiger partial charge in [0.15, 0.2) is 5.13 Å². The van der Waals surface area contributed by atoms with Gasteiger partial charge in [-0.05, 0) is 24.6 Å². The number of nitrogens with zero attached hydrogens (tertiary/aromatic N) is 4. The molecule has 150 valence electrons. The monoisotopic (exact) mass is 434 g/mol. The summed E-state index contributed by atoms with van der Waals surface area (Å²) in [5.74, 6) is 0. The zero-order chi connectivity index (χ0) is 20.7. The maximum Gasteiger partial charge on any atom is 0.321 e. The maximum absolute atomic E-state index is 12.8. The number of anilines is 1. The van der Waals surface area contributed by atoms with Crippen LogP contribution in [0.15, 0.2) is 54.9 Å². The van der Waals surface area contributed by atoms with Gasteiger partial charge in [0.25, 0.3) is 0 Å². The van der Waals surface area contributed by atoms with E-state index in [0.29, 0.717) is 5.13 Å². The zero-order valence-electron chi connectivity index (χ0n) is 16.3. The van der Waals surface area contributed by atoms with Gasteiger partial charge in [-0.3, -0.25) is 10.00 Å². The molecule has 3 aromatic heterocycles. The number of carbonyl (C=O) groups is 1. The molecule has 0 fully saturated rings. The van der Waals surface area contributed by atoms with Crippen molar-refractivity contribution in [3.63, 3.8) is 0 Å². The number of fused-ring (bicyclic) bond motifs is 3. The van der Waals surface area contributed by atoms with E-state index < -0.39 is 0 Å². The summed E-state index contributed by atoms with van der Waals surface area (Å²) >= 11 is 3.11. The van der Waals surface area contributed by atoms with E-state index in [0.717, 1.165) is 36.6 Å². The number of amides is 2. The lowest BCUT2D eigenvalue weighted by molar-refractivity contribution is 0.250. The van der Waals surface area contributed by atoms with Gasteiger partial charge in [0.2, 0.25) is 0 Å². The highest BCUT2D eigenvalue weighted by Gasteiger charge is 2.19. The third kappa shape index (κ3) is 3.53. The number of hydrogen-bond acceptors (Lipinski definition) is 6. The number of benzene rings is 2. The van der Waals surface area contributed by atoms with E-state index in [2.05, 4.69) is 25.7 Å². The van der Waals surface area contributed by atoms with Crippen molar-refractivity contribution in [3.05, 3.63) is 71.0 Å². The molecule has 0 aliphatic heterocycles. The number of aryl methyl sites for hydroxylation is 2. The topological polar surface area (TPSA) is 84.7 Å². The van der Waals surface area contributed by atoms with Crippen LogP contribution in [0.3, 0.4) is 0 Å². The fraction of sp³-hybridized carbons (Fsp3) is 0.143. The summed E-state index contributed by atoms with van der Waals surface area (Å²) in [5.41, 5.74) is 3.71. The third-order valence-electron chi connectivity index (χ3n) is 4.71. The molecule has 0 aliphatic rings. The minimum atomic E-state index is -0.316. The normalized spacial score (nSPS) is 12.3. The van der Waals surface area contributed by atoms with Gasteiger partial charge in [-0.15, -0.1) is 11.3 Å². The van der Waals surface area contributed by atoms with Crippen LogP contribution in [0.5, 0.6) is 0 Å². The average molecular weight is 435 g/mol. The number of rotatable bonds is 4. The second-order valence-electron chi connectivity index (χ2n) is 6.90. The van der Waals surface area contributed by atoms with Crippen molar-refractivity contribution < 1.29 is 4.79 Å². The van der Waals surface area contributed by atoms with Crippen LogP contribution in [-0.4, -0.2) is 25.8 Å². The van der Waals surface area contributed by atoms with Crippen molar-refractivity contribution in [2.75, 3.05) is 5.32 Å². The first-order valence-corrected chi connectivity index (χ1v) is 11.0. The van der Waals surface area contributed by atoms with Crippen molar-refractivity contribution in [1.82, 2.24) is 25.1 Å². The molecule has 2 N–H and O–H groups in total. The summed E-state index contributed by atoms with van der Waals surface area (Å²) in [7, 11) is 1.86. The van der Waals surface area contributed by atoms with Crippen molar-refractivity contribution in [2.45, 2.75) is 13.0 Å². The van der Waals surface area contributed by atoms with Crippen molar-refractivity contribution in [3.8, 4) is 0 Å². The Morgan fingerprint density at radius 3 is 2.47 bits per heavy atom. The number of aromatic nitrogens is 4. The number of thiazole rings is 2. The number of urea groups is 1. The molecule has 2 amide bonds. The van der Waals surface area contributed by atoms with Crippen molar-refractivity contribution in [2.24, 2.45) is 7.05 Å². The molecule has 0 spiro atoms. The molecule has 0 bridgehead atoms. The van der Waals surface area contributed by atoms with Crippen LogP contribution in [0.25, 0.3) is 20.4 Å². The van der Waals surface area contributed by atoms with Crippen molar-refractivity contribution in [1.29, 1.82) is 0 Å². The van der Waals surface area contributed by atoms with Crippen LogP contribution < -0.4 is 10.6 Å². The summed E-state index contributed by atoms with van der Waals surface area (Å²) in [6, 6.07) is 13.1. The van der Waals surface area contributed by atoms with E-state index in [1.54, 1.807) is 22.2 Å². The highest BCUT2D eigenvalue weighted by molar-refractivity contribution is 7.28. The highest BCUT2D eigenvalue weighted by Crippen LogP contribution is 2.35. The first-order chi connectivity index (χ1) is 14.6. The molecule has 1 atom stereocenters. The SMILES string of the molecule is Cc1nc2ccc3nc(NC(=O)NC(c4ccccc4)c4cnn(C)c4)sc3c2s1. The first kappa shape index (κ1) is 18.7. The molecule has 30 heavy (non-hydrogen) atoms. The molecule has 2 aromatic carbocycles. The fourth-order valence-corrected chi connectivity index (χ4v) is 5.40. The van der Waals surface area contributed by atoms with Crippen molar-refractivity contribution >= 4 is 54.3 Å². The van der Waals surface area contributed by atoms with E-state index in [1.807, 2.05) is 62.6 Å². The van der Waals surface area contributed by atoms with E-state index >= 15 is 0 Å². The molecule has 9 heteroatoms. The Morgan fingerprint density at radius 1 is 1.00 bits per heavy atom. The number of carbonyl (C=O) groups excluding carboxylic acids is 1. The Labute approximate surface area is 180 Å². The molecule has 0 saturated carbocycles. The van der Waals surface area contributed by atoms with Crippen LogP contribution in [0.4, 0.5) is 9.93 Å². The van der Waals surface area contributed by atoms with Gasteiger partial charge in [0.05, 0.1) is 37.7 Å². The van der Waals surface area contributed by atoms with Gasteiger partial charge in [0, 0.05) is 18.8 Å². The molecule has 5 aromatic rings. The lowest BCUT2D eigenvalue weighted by Crippen LogP contribution is -2.33. The lowest BCUT2D eigenvalue weighted by Gasteiger charge is -2.18. The van der Waals surface area contributed by atoms with Gasteiger partial charge in [-0.1, -0.05) is 41.7 Å². The lowest BCUT2D eigenvalue weighted by atomic mass is 10.0. The van der Waals surface area contributed by atoms with E-state index in [1.165, 1.54) is 11.3 Å². The first-order valence-electron chi connectivity index (χ1n) is 9.34. The third-order valence-corrected chi connectivity index (χ3v) is 6.84. The molecule has 3 heterocycles. The largest absolute Gasteiger partial charge is 0.327 e. The van der Waals surface area contributed by atoms with Crippen LogP contribution in [-0.2, 0) is 7.05 Å². The molecular formula is C21H18N6OS2. The predicted octanol–water partition coefficient (Wildman–Crippen LogP) is 4.86. The Morgan fingerprint density at radius 2 is 1.73 bits per heavy atom. The van der Waals surface area contributed by atoms with Gasteiger partial charge >= 0.3 is 6.03 Å². The summed E-state index contributed by atoms with van der Waals surface area (Å²) in [6.07, 6.45) is 3.66. The Hall–Kier alpha value is -3.30. The second kappa shape index (κ2) is 7.51. The minimum absolute atomic E-state index is 0.315. The number of hydrogen-bond donors (Lipinski definition) is 2. The molecule has 0 saturated heterocycles. The van der Waals surface area contributed by atoms with E-state index in [4.69, 9.17) is 0 Å². The fourth-order valence-electron chi connectivity index (χ4n) is 3.40. The van der Waals surface area contributed by atoms with E-state index in [9.17, 15) is 4.79 Å². The van der Waals surface area contributed by atoms with E-state index in [-0.39, 0.29) is 12.1 Å². The quantitative estimate of drug-likeness (QED) is 0.423. The highest BCUT2D eigenvalue weighted by atomic mass is 32.1. The van der Waals surface area contributed by atoms with Crippen LogP contribution >= 0.6 is 22.7 Å². The summed E-state index contributed by atoms with van der Waals surface area (Å²) in [4.78, 5) is 21.9. The second-order valence-corrected chi connectivity index (χ2v) is 9.11. The van der Waals surface area contributed by atoms with Gasteiger partial charge < -0.3 is 5.32 Å². The maximum atomic E-state index is 12.8. The summed E-state index contributed by atoms with van der Waals surface area (Å²) in [6.45, 7) is 1.99. The van der Waals surface area contributed by atoms with Crippen LogP contribution in [0.2, 0.25) is 0 Å². The van der Waals surface area contributed by atoms with Crippen LogP contribution in [0, 0.1) is 6.92 Å². The Balaban J connectivity index is 1.41. The minimum Gasteiger partial charge on any atom is -0.327 e. The standard InChI is InChI=1S/C21H18N6OS2/c1-12-23-15-8-9-16-19(18(15)29-12)30-21(24-16)26-20(28)25-17(13-6-4-3-5-7-13)14-10-22-27(2)11-14/h3-11,17H,1-2H3,(H2,24,25,26,28). The van der Waals surface area contributed by atoms with Crippen LogP contribution in [0.1, 0.15) is 22.2 Å². The van der Waals surface area contributed by atoms with Gasteiger partial charge in [-0.2, -0.15) is 5.10 Å². The smallest absolute Gasteiger partial charge is 0.321 e. The molecular weight excluding hydrogens is 416 g/mol. The molecule has 0 aliphatic carbocycles. The Bertz CT molecular complexity index is 1350. The number of nitrogens with one attached hydrogen (secondary N) is 2. The summed E-state index contributed by atoms with van der Waals surface area (Å²) < 4.78 is 3.87. The van der Waals surface area contributed by atoms with Gasteiger partial charge in [0.1, 0.15) is 0 Å². The Kier molecular flexibility index (Phi) is 4.68. The van der Waals surface area contributed by atoms with Gasteiger partial charge in [-0.25, -0.2) is 14.8 Å². The average Bonchev–Trinajstić information content (AvgIpc) is 3.43. The molecule has 7 nitrogen and oxygen atoms in total. The molecule has 0 radical (unpaired) electrons. The summed E-state index contributed by atoms with van der Waals surface area (Å²) in [5, 5.41) is 11.8.